The van der Waals surface area contributed by atoms with Crippen molar-refractivity contribution in [2.45, 2.75) is 38.5 Å². The van der Waals surface area contributed by atoms with Crippen LogP contribution >= 0.6 is 0 Å². The predicted octanol–water partition coefficient (Wildman–Crippen LogP) is 14.0. The van der Waals surface area contributed by atoms with Crippen LogP contribution in [-0.2, 0) is 10.8 Å². The minimum Gasteiger partial charge on any atom is -0.309 e. The SMILES string of the molecule is CC1(C)c2ccccc2-c2c(N(c3cccc4c3C(C)(C)c3ccccc3-4)c3cc(-n4c5ccccc5c5ccccc54)cc4ccccc34)cccc21. The minimum absolute atomic E-state index is 0.130. The molecule has 0 radical (unpaired) electrons. The summed E-state index contributed by atoms with van der Waals surface area (Å²) < 4.78 is 2.46. The molecule has 2 aliphatic carbocycles. The lowest BCUT2D eigenvalue weighted by Crippen LogP contribution is -2.21. The molecule has 0 spiro atoms. The van der Waals surface area contributed by atoms with Gasteiger partial charge in [0.25, 0.3) is 0 Å². The minimum atomic E-state index is -0.212. The molecular formula is C52H40N2. The summed E-state index contributed by atoms with van der Waals surface area (Å²) in [5, 5.41) is 4.95. The van der Waals surface area contributed by atoms with Crippen LogP contribution in [0.15, 0.2) is 170 Å². The van der Waals surface area contributed by atoms with Crippen molar-refractivity contribution in [3.63, 3.8) is 0 Å². The van der Waals surface area contributed by atoms with Gasteiger partial charge in [-0.05, 0) is 80.7 Å². The highest BCUT2D eigenvalue weighted by Crippen LogP contribution is 2.58. The molecular weight excluding hydrogens is 653 g/mol. The molecule has 0 amide bonds. The zero-order valence-electron chi connectivity index (χ0n) is 31.1. The van der Waals surface area contributed by atoms with Crippen molar-refractivity contribution in [2.24, 2.45) is 0 Å². The van der Waals surface area contributed by atoms with Crippen molar-refractivity contribution in [2.75, 3.05) is 4.90 Å². The molecule has 1 heterocycles. The average molecular weight is 693 g/mol. The van der Waals surface area contributed by atoms with Crippen LogP contribution in [0.5, 0.6) is 0 Å². The second-order valence-corrected chi connectivity index (χ2v) is 16.1. The lowest BCUT2D eigenvalue weighted by molar-refractivity contribution is 0.659. The molecule has 8 aromatic carbocycles. The number of hydrogen-bond donors (Lipinski definition) is 0. The van der Waals surface area contributed by atoms with Gasteiger partial charge in [-0.1, -0.05) is 161 Å². The molecule has 0 fully saturated rings. The predicted molar refractivity (Wildman–Crippen MR) is 228 cm³/mol. The van der Waals surface area contributed by atoms with Gasteiger partial charge in [-0.2, -0.15) is 0 Å². The molecule has 9 aromatic rings. The van der Waals surface area contributed by atoms with E-state index in [1.54, 1.807) is 0 Å². The Bertz CT molecular complexity index is 2960. The number of para-hydroxylation sites is 2. The third-order valence-electron chi connectivity index (χ3n) is 12.5. The maximum Gasteiger partial charge on any atom is 0.0561 e. The molecule has 2 nitrogen and oxygen atoms in total. The van der Waals surface area contributed by atoms with Gasteiger partial charge >= 0.3 is 0 Å². The van der Waals surface area contributed by atoms with E-state index in [0.29, 0.717) is 0 Å². The molecule has 0 N–H and O–H groups in total. The first-order valence-electron chi connectivity index (χ1n) is 19.1. The monoisotopic (exact) mass is 692 g/mol. The molecule has 0 saturated carbocycles. The zero-order valence-corrected chi connectivity index (χ0v) is 31.1. The van der Waals surface area contributed by atoms with Crippen LogP contribution in [-0.4, -0.2) is 4.57 Å². The average Bonchev–Trinajstić information content (AvgIpc) is 3.76. The van der Waals surface area contributed by atoms with Crippen LogP contribution in [0.2, 0.25) is 0 Å². The molecule has 2 heteroatoms. The maximum atomic E-state index is 2.61. The van der Waals surface area contributed by atoms with E-state index in [2.05, 4.69) is 207 Å². The van der Waals surface area contributed by atoms with E-state index in [-0.39, 0.29) is 10.8 Å². The molecule has 0 saturated heterocycles. The number of aromatic nitrogens is 1. The third kappa shape index (κ3) is 4.11. The fourth-order valence-corrected chi connectivity index (χ4v) is 10.1. The van der Waals surface area contributed by atoms with Crippen LogP contribution in [0.3, 0.4) is 0 Å². The summed E-state index contributed by atoms with van der Waals surface area (Å²) in [6.07, 6.45) is 0. The van der Waals surface area contributed by atoms with Crippen LogP contribution in [0.25, 0.3) is 60.5 Å². The quantitative estimate of drug-likeness (QED) is 0.178. The Morgan fingerprint density at radius 1 is 0.407 bits per heavy atom. The van der Waals surface area contributed by atoms with E-state index in [4.69, 9.17) is 0 Å². The summed E-state index contributed by atoms with van der Waals surface area (Å²) >= 11 is 0. The van der Waals surface area contributed by atoms with Crippen LogP contribution in [0, 0.1) is 0 Å². The fraction of sp³-hybridized carbons (Fsp3) is 0.115. The lowest BCUT2D eigenvalue weighted by Gasteiger charge is -2.34. The lowest BCUT2D eigenvalue weighted by atomic mass is 9.81. The van der Waals surface area contributed by atoms with E-state index in [1.165, 1.54) is 94.1 Å². The second kappa shape index (κ2) is 11.1. The highest BCUT2D eigenvalue weighted by atomic mass is 15.2. The Labute approximate surface area is 316 Å². The second-order valence-electron chi connectivity index (χ2n) is 16.1. The van der Waals surface area contributed by atoms with Crippen molar-refractivity contribution in [1.82, 2.24) is 4.57 Å². The van der Waals surface area contributed by atoms with Gasteiger partial charge in [-0.15, -0.1) is 0 Å². The fourth-order valence-electron chi connectivity index (χ4n) is 10.1. The highest BCUT2D eigenvalue weighted by molar-refractivity contribution is 6.11. The smallest absolute Gasteiger partial charge is 0.0561 e. The summed E-state index contributed by atoms with van der Waals surface area (Å²) in [7, 11) is 0. The molecule has 0 aliphatic heterocycles. The van der Waals surface area contributed by atoms with Crippen LogP contribution in [0.1, 0.15) is 49.9 Å². The van der Waals surface area contributed by atoms with Crippen molar-refractivity contribution >= 4 is 49.6 Å². The van der Waals surface area contributed by atoms with Gasteiger partial charge in [0, 0.05) is 38.2 Å². The Morgan fingerprint density at radius 2 is 0.944 bits per heavy atom. The summed E-state index contributed by atoms with van der Waals surface area (Å²) in [5.41, 5.74) is 17.6. The number of fused-ring (bicyclic) bond motifs is 10. The molecule has 258 valence electrons. The van der Waals surface area contributed by atoms with Gasteiger partial charge in [0.1, 0.15) is 0 Å². The number of nitrogens with zero attached hydrogens (tertiary/aromatic N) is 2. The first kappa shape index (κ1) is 31.2. The van der Waals surface area contributed by atoms with Crippen molar-refractivity contribution in [3.05, 3.63) is 192 Å². The van der Waals surface area contributed by atoms with Crippen LogP contribution < -0.4 is 4.90 Å². The Morgan fingerprint density at radius 3 is 1.69 bits per heavy atom. The number of benzene rings is 8. The summed E-state index contributed by atoms with van der Waals surface area (Å²) in [6, 6.07) is 63.3. The molecule has 54 heavy (non-hydrogen) atoms. The van der Waals surface area contributed by atoms with Gasteiger partial charge < -0.3 is 9.47 Å². The molecule has 0 atom stereocenters. The summed E-state index contributed by atoms with van der Waals surface area (Å²) in [5.74, 6) is 0. The van der Waals surface area contributed by atoms with E-state index >= 15 is 0 Å². The summed E-state index contributed by atoms with van der Waals surface area (Å²) in [6.45, 7) is 9.56. The van der Waals surface area contributed by atoms with E-state index in [9.17, 15) is 0 Å². The topological polar surface area (TPSA) is 8.17 Å². The standard InChI is InChI=1S/C52H40N2/c1-51(2)42-25-12-8-22-40(42)49-43(51)26-16-29-46(49)54(47-30-15-23-39-36-19-7-11-24-41(36)52(3,4)50(39)47)48-32-34(31-33-17-5-6-18-35(33)48)53-44-27-13-9-20-37(44)38-21-10-14-28-45(38)53/h5-32H,1-4H3. The zero-order chi connectivity index (χ0) is 36.3. The number of rotatable bonds is 4. The number of hydrogen-bond acceptors (Lipinski definition) is 1. The van der Waals surface area contributed by atoms with E-state index in [1.807, 2.05) is 0 Å². The molecule has 0 bridgehead atoms. The van der Waals surface area contributed by atoms with Crippen molar-refractivity contribution in [1.29, 1.82) is 0 Å². The first-order valence-corrected chi connectivity index (χ1v) is 19.1. The highest BCUT2D eigenvalue weighted by Gasteiger charge is 2.41. The van der Waals surface area contributed by atoms with Crippen molar-refractivity contribution < 1.29 is 0 Å². The van der Waals surface area contributed by atoms with Gasteiger partial charge in [-0.3, -0.25) is 0 Å². The Kier molecular flexibility index (Phi) is 6.39. The van der Waals surface area contributed by atoms with Gasteiger partial charge in [0.2, 0.25) is 0 Å². The van der Waals surface area contributed by atoms with Gasteiger partial charge in [0.05, 0.1) is 28.1 Å². The molecule has 1 aromatic heterocycles. The number of anilines is 3. The van der Waals surface area contributed by atoms with Gasteiger partial charge in [-0.25, -0.2) is 0 Å². The molecule has 2 aliphatic rings. The van der Waals surface area contributed by atoms with Crippen LogP contribution in [0.4, 0.5) is 17.1 Å². The summed E-state index contributed by atoms with van der Waals surface area (Å²) in [4.78, 5) is 2.61. The van der Waals surface area contributed by atoms with E-state index < -0.39 is 0 Å². The first-order chi connectivity index (χ1) is 26.3. The van der Waals surface area contributed by atoms with Gasteiger partial charge in [0.15, 0.2) is 0 Å². The largest absolute Gasteiger partial charge is 0.309 e. The molecule has 0 unspecified atom stereocenters. The van der Waals surface area contributed by atoms with Crippen molar-refractivity contribution in [3.8, 4) is 27.9 Å². The Balaban J connectivity index is 1.29. The maximum absolute atomic E-state index is 2.61. The third-order valence-corrected chi connectivity index (χ3v) is 12.5. The molecule has 11 rings (SSSR count). The normalized spacial score (nSPS) is 14.6. The van der Waals surface area contributed by atoms with E-state index in [0.717, 1.165) is 5.69 Å². The Hall–Kier alpha value is -6.38.